The molecule has 0 aliphatic rings. The van der Waals surface area contributed by atoms with Crippen molar-refractivity contribution < 1.29 is 0 Å². The molecule has 0 unspecified atom stereocenters. The van der Waals surface area contributed by atoms with E-state index in [1.165, 1.54) is 92.8 Å². The van der Waals surface area contributed by atoms with Crippen molar-refractivity contribution in [2.45, 2.75) is 26.2 Å². The van der Waals surface area contributed by atoms with Gasteiger partial charge in [0, 0.05) is 0 Å². The minimum absolute atomic E-state index is 0.0338. The maximum Gasteiger partial charge on any atom is -0.00260 e. The second-order valence-electron chi connectivity index (χ2n) is 14.1. The van der Waals surface area contributed by atoms with Crippen molar-refractivity contribution in [3.8, 4) is 33.4 Å². The van der Waals surface area contributed by atoms with Gasteiger partial charge in [-0.1, -0.05) is 172 Å². The Morgan fingerprint density at radius 2 is 0.854 bits per heavy atom. The molecule has 48 heavy (non-hydrogen) atoms. The molecule has 0 aromatic heterocycles. The van der Waals surface area contributed by atoms with Crippen LogP contribution in [0.25, 0.3) is 87.2 Å². The molecule has 0 saturated carbocycles. The summed E-state index contributed by atoms with van der Waals surface area (Å²) in [7, 11) is 0. The van der Waals surface area contributed by atoms with Crippen LogP contribution in [-0.2, 0) is 5.41 Å². The smallest absolute Gasteiger partial charge is 0.00260 e. The molecule has 9 aromatic rings. The third-order valence-corrected chi connectivity index (χ3v) is 10.2. The molecule has 0 heteroatoms. The summed E-state index contributed by atoms with van der Waals surface area (Å²) in [6, 6.07) is 60.9. The topological polar surface area (TPSA) is 0 Å². The van der Waals surface area contributed by atoms with Gasteiger partial charge in [-0.05, 0) is 110 Å². The van der Waals surface area contributed by atoms with Crippen LogP contribution in [0.2, 0.25) is 0 Å². The van der Waals surface area contributed by atoms with Gasteiger partial charge in [-0.2, -0.15) is 0 Å². The van der Waals surface area contributed by atoms with E-state index in [1.54, 1.807) is 0 Å². The predicted molar refractivity (Wildman–Crippen MR) is 209 cm³/mol. The molecule has 0 nitrogen and oxygen atoms in total. The normalized spacial score (nSPS) is 12.1. The highest BCUT2D eigenvalue weighted by Crippen LogP contribution is 2.46. The van der Waals surface area contributed by atoms with Gasteiger partial charge in [-0.25, -0.2) is 0 Å². The fourth-order valence-electron chi connectivity index (χ4n) is 7.72. The highest BCUT2D eigenvalue weighted by molar-refractivity contribution is 6.22. The molecule has 0 saturated heterocycles. The van der Waals surface area contributed by atoms with E-state index in [-0.39, 0.29) is 5.41 Å². The lowest BCUT2D eigenvalue weighted by molar-refractivity contribution is 0.591. The lowest BCUT2D eigenvalue weighted by Gasteiger charge is -2.23. The van der Waals surface area contributed by atoms with Crippen molar-refractivity contribution >= 4 is 53.9 Å². The number of rotatable bonds is 3. The Balaban J connectivity index is 1.28. The minimum Gasteiger partial charge on any atom is -0.0616 e. The Hall–Kier alpha value is -5.72. The summed E-state index contributed by atoms with van der Waals surface area (Å²) in [4.78, 5) is 0. The molecule has 0 amide bonds. The maximum absolute atomic E-state index is 2.45. The zero-order chi connectivity index (χ0) is 32.4. The highest BCUT2D eigenvalue weighted by atomic mass is 14.2. The van der Waals surface area contributed by atoms with Crippen molar-refractivity contribution in [1.29, 1.82) is 0 Å². The van der Waals surface area contributed by atoms with E-state index in [1.807, 2.05) is 0 Å². The van der Waals surface area contributed by atoms with E-state index < -0.39 is 0 Å². The van der Waals surface area contributed by atoms with Crippen LogP contribution in [0.4, 0.5) is 0 Å². The third-order valence-electron chi connectivity index (χ3n) is 10.2. The maximum atomic E-state index is 2.45. The fraction of sp³-hybridized carbons (Fsp3) is 0.0833. The molecule has 0 spiro atoms. The van der Waals surface area contributed by atoms with E-state index in [4.69, 9.17) is 0 Å². The summed E-state index contributed by atoms with van der Waals surface area (Å²) in [5.41, 5.74) is 8.97. The predicted octanol–water partition coefficient (Wildman–Crippen LogP) is 13.8. The van der Waals surface area contributed by atoms with Gasteiger partial charge >= 0.3 is 0 Å². The number of hydrogen-bond donors (Lipinski definition) is 0. The van der Waals surface area contributed by atoms with Crippen molar-refractivity contribution in [3.63, 3.8) is 0 Å². The van der Waals surface area contributed by atoms with Gasteiger partial charge in [-0.15, -0.1) is 0 Å². The molecule has 228 valence electrons. The monoisotopic (exact) mass is 612 g/mol. The molecule has 0 fully saturated rings. The van der Waals surface area contributed by atoms with Gasteiger partial charge < -0.3 is 0 Å². The molecule has 0 heterocycles. The molecule has 0 aliphatic carbocycles. The lowest BCUT2D eigenvalue weighted by atomic mass is 9.81. The van der Waals surface area contributed by atoms with Crippen molar-refractivity contribution in [2.75, 3.05) is 0 Å². The number of fused-ring (bicyclic) bond motifs is 6. The molecule has 0 bridgehead atoms. The second-order valence-corrected chi connectivity index (χ2v) is 14.1. The Kier molecular flexibility index (Phi) is 6.49. The Bertz CT molecular complexity index is 2680. The Morgan fingerprint density at radius 1 is 0.312 bits per heavy atom. The largest absolute Gasteiger partial charge is 0.0616 e. The SMILES string of the molecule is CC(C)(C)c1ccc2c(-c3ccc(-c4cccc5c4ccc4ccccc45)cc3)c3ccccc3c(-c3ccc4ccccc4c3)c2c1. The molecular formula is C48H36. The van der Waals surface area contributed by atoms with Crippen molar-refractivity contribution in [3.05, 3.63) is 169 Å². The standard InChI is InChI=1S/C48H36/c1-48(2,3)37-26-28-44-45(30-37)47(36-24-19-31-11-4-5-13-35(31)29-36)43-16-9-8-15-42(43)46(44)34-22-20-33(21-23-34)39-17-10-18-40-38-14-7-6-12-32(38)25-27-41(39)40/h4-30H,1-3H3. The quantitative estimate of drug-likeness (QED) is 0.138. The van der Waals surface area contributed by atoms with E-state index in [9.17, 15) is 0 Å². The van der Waals surface area contributed by atoms with Gasteiger partial charge in [0.15, 0.2) is 0 Å². The van der Waals surface area contributed by atoms with Crippen LogP contribution >= 0.6 is 0 Å². The van der Waals surface area contributed by atoms with Crippen LogP contribution in [-0.4, -0.2) is 0 Å². The zero-order valence-corrected chi connectivity index (χ0v) is 27.6. The number of hydrogen-bond acceptors (Lipinski definition) is 0. The molecule has 9 rings (SSSR count). The van der Waals surface area contributed by atoms with Gasteiger partial charge in [0.25, 0.3) is 0 Å². The third kappa shape index (κ3) is 4.60. The molecular weight excluding hydrogens is 577 g/mol. The van der Waals surface area contributed by atoms with Crippen LogP contribution < -0.4 is 0 Å². The summed E-state index contributed by atoms with van der Waals surface area (Å²) in [6.07, 6.45) is 0. The van der Waals surface area contributed by atoms with Gasteiger partial charge in [0.1, 0.15) is 0 Å². The van der Waals surface area contributed by atoms with Crippen LogP contribution in [0, 0.1) is 0 Å². The summed E-state index contributed by atoms with van der Waals surface area (Å²) < 4.78 is 0. The first-order valence-corrected chi connectivity index (χ1v) is 16.9. The molecule has 0 atom stereocenters. The van der Waals surface area contributed by atoms with E-state index in [0.717, 1.165) is 0 Å². The van der Waals surface area contributed by atoms with Crippen molar-refractivity contribution in [1.82, 2.24) is 0 Å². The van der Waals surface area contributed by atoms with Gasteiger partial charge in [0.2, 0.25) is 0 Å². The summed E-state index contributed by atoms with van der Waals surface area (Å²) in [6.45, 7) is 6.92. The average molecular weight is 613 g/mol. The van der Waals surface area contributed by atoms with Gasteiger partial charge in [-0.3, -0.25) is 0 Å². The lowest BCUT2D eigenvalue weighted by Crippen LogP contribution is -2.10. The van der Waals surface area contributed by atoms with Crippen LogP contribution in [0.1, 0.15) is 26.3 Å². The molecule has 0 aliphatic heterocycles. The first kappa shape index (κ1) is 28.5. The summed E-state index contributed by atoms with van der Waals surface area (Å²) >= 11 is 0. The highest BCUT2D eigenvalue weighted by Gasteiger charge is 2.20. The second kappa shape index (κ2) is 10.9. The average Bonchev–Trinajstić information content (AvgIpc) is 3.13. The zero-order valence-electron chi connectivity index (χ0n) is 27.6. The van der Waals surface area contributed by atoms with Crippen LogP contribution in [0.5, 0.6) is 0 Å². The fourth-order valence-corrected chi connectivity index (χ4v) is 7.72. The van der Waals surface area contributed by atoms with E-state index in [0.29, 0.717) is 0 Å². The Labute approximate surface area is 281 Å². The van der Waals surface area contributed by atoms with Crippen LogP contribution in [0.15, 0.2) is 164 Å². The molecule has 0 N–H and O–H groups in total. The Morgan fingerprint density at radius 3 is 1.60 bits per heavy atom. The molecule has 9 aromatic carbocycles. The van der Waals surface area contributed by atoms with Crippen LogP contribution in [0.3, 0.4) is 0 Å². The minimum atomic E-state index is 0.0338. The summed E-state index contributed by atoms with van der Waals surface area (Å²) in [5, 5.41) is 12.8. The van der Waals surface area contributed by atoms with E-state index in [2.05, 4.69) is 185 Å². The molecule has 0 radical (unpaired) electrons. The first-order valence-electron chi connectivity index (χ1n) is 16.9. The first-order chi connectivity index (χ1) is 23.4. The van der Waals surface area contributed by atoms with E-state index >= 15 is 0 Å². The summed E-state index contributed by atoms with van der Waals surface area (Å²) in [5.74, 6) is 0. The van der Waals surface area contributed by atoms with Crippen molar-refractivity contribution in [2.24, 2.45) is 0 Å². The van der Waals surface area contributed by atoms with Gasteiger partial charge in [0.05, 0.1) is 0 Å². The number of benzene rings is 9.